The van der Waals surface area contributed by atoms with Crippen molar-refractivity contribution in [3.05, 3.63) is 102 Å². The number of carbonyl (C=O) groups excluding carboxylic acids is 1. The molecule has 6 aromatic rings. The number of fused-ring (bicyclic) bond motifs is 2. The maximum Gasteiger partial charge on any atom is 0.340 e. The van der Waals surface area contributed by atoms with Crippen molar-refractivity contribution >= 4 is 28.2 Å². The van der Waals surface area contributed by atoms with Crippen LogP contribution in [0.2, 0.25) is 0 Å². The average Bonchev–Trinajstić information content (AvgIpc) is 3.54. The zero-order valence-corrected chi connectivity index (χ0v) is 19.3. The van der Waals surface area contributed by atoms with Gasteiger partial charge in [0.15, 0.2) is 11.2 Å². The zero-order valence-electron chi connectivity index (χ0n) is 19.3. The number of methoxy groups -OCH3 is 1. The minimum Gasteiger partial charge on any atom is -0.507 e. The first-order valence-corrected chi connectivity index (χ1v) is 11.4. The Labute approximate surface area is 205 Å². The monoisotopic (exact) mass is 476 g/mol. The molecule has 2 aromatic heterocycles. The number of rotatable bonds is 5. The van der Waals surface area contributed by atoms with Gasteiger partial charge in [-0.25, -0.2) is 14.8 Å². The Morgan fingerprint density at radius 2 is 1.42 bits per heavy atom. The summed E-state index contributed by atoms with van der Waals surface area (Å²) >= 11 is 0. The predicted octanol–water partition coefficient (Wildman–Crippen LogP) is 6.39. The molecule has 0 amide bonds. The van der Waals surface area contributed by atoms with Crippen LogP contribution in [0.5, 0.6) is 5.75 Å². The lowest BCUT2D eigenvalue weighted by molar-refractivity contribution is 0.0602. The van der Waals surface area contributed by atoms with E-state index in [9.17, 15) is 9.90 Å². The summed E-state index contributed by atoms with van der Waals surface area (Å²) in [4.78, 5) is 21.4. The Kier molecular flexibility index (Phi) is 5.22. The molecule has 0 spiro atoms. The molecule has 4 aromatic carbocycles. The van der Waals surface area contributed by atoms with Crippen molar-refractivity contribution in [2.75, 3.05) is 7.11 Å². The fourth-order valence-electron chi connectivity index (χ4n) is 4.30. The van der Waals surface area contributed by atoms with Gasteiger partial charge in [-0.1, -0.05) is 54.6 Å². The third-order valence-electron chi connectivity index (χ3n) is 6.06. The lowest BCUT2D eigenvalue weighted by Crippen LogP contribution is -2.01. The Balaban J connectivity index is 1.44. The number of hydrogen-bond donors (Lipinski definition) is 1. The van der Waals surface area contributed by atoms with E-state index < -0.39 is 5.97 Å². The van der Waals surface area contributed by atoms with Crippen LogP contribution in [0.1, 0.15) is 21.5 Å². The van der Waals surface area contributed by atoms with Gasteiger partial charge in [-0.2, -0.15) is 0 Å². The Morgan fingerprint density at radius 3 is 2.19 bits per heavy atom. The standard InChI is InChI=1S/C29H20N2O5/c1-34-29(33)20-12-7-15-23-25(20)31-27(35-23)19-11-6-14-22-24(19)30-28(36-22)21-13-5-10-18(26(21)32)16-17-8-3-2-4-9-17/h2-15,32H,16H2,1H3. The van der Waals surface area contributed by atoms with E-state index in [1.807, 2.05) is 54.6 Å². The van der Waals surface area contributed by atoms with Gasteiger partial charge in [0.05, 0.1) is 23.8 Å². The van der Waals surface area contributed by atoms with E-state index in [0.29, 0.717) is 51.2 Å². The van der Waals surface area contributed by atoms with Crippen LogP contribution >= 0.6 is 0 Å². The van der Waals surface area contributed by atoms with Gasteiger partial charge in [-0.15, -0.1) is 0 Å². The zero-order chi connectivity index (χ0) is 24.6. The van der Waals surface area contributed by atoms with Crippen LogP contribution in [0.15, 0.2) is 93.8 Å². The van der Waals surface area contributed by atoms with E-state index in [-0.39, 0.29) is 11.6 Å². The number of aromatic hydroxyl groups is 1. The summed E-state index contributed by atoms with van der Waals surface area (Å²) in [6, 6.07) is 26.0. The Bertz CT molecular complexity index is 1730. The van der Waals surface area contributed by atoms with E-state index in [0.717, 1.165) is 11.1 Å². The summed E-state index contributed by atoms with van der Waals surface area (Å²) < 4.78 is 16.9. The van der Waals surface area contributed by atoms with Crippen LogP contribution in [0, 0.1) is 0 Å². The molecule has 0 saturated carbocycles. The number of para-hydroxylation sites is 3. The molecule has 2 heterocycles. The molecule has 176 valence electrons. The summed E-state index contributed by atoms with van der Waals surface area (Å²) in [5.74, 6) is 0.220. The second-order valence-corrected chi connectivity index (χ2v) is 8.31. The Hall–Kier alpha value is -4.91. The van der Waals surface area contributed by atoms with E-state index in [1.165, 1.54) is 7.11 Å². The molecule has 1 N–H and O–H groups in total. The van der Waals surface area contributed by atoms with Gasteiger partial charge >= 0.3 is 5.97 Å². The van der Waals surface area contributed by atoms with E-state index in [4.69, 9.17) is 18.6 Å². The molecule has 0 bridgehead atoms. The summed E-state index contributed by atoms with van der Waals surface area (Å²) in [6.45, 7) is 0. The number of carbonyl (C=O) groups is 1. The average molecular weight is 476 g/mol. The van der Waals surface area contributed by atoms with Crippen molar-refractivity contribution in [2.45, 2.75) is 6.42 Å². The lowest BCUT2D eigenvalue weighted by Gasteiger charge is -2.07. The van der Waals surface area contributed by atoms with Crippen molar-refractivity contribution < 1.29 is 23.5 Å². The van der Waals surface area contributed by atoms with Gasteiger partial charge in [0.1, 0.15) is 16.8 Å². The van der Waals surface area contributed by atoms with Gasteiger partial charge in [-0.3, -0.25) is 0 Å². The number of oxazole rings is 2. The van der Waals surface area contributed by atoms with Gasteiger partial charge < -0.3 is 18.7 Å². The molecule has 0 fully saturated rings. The number of aromatic nitrogens is 2. The SMILES string of the molecule is COC(=O)c1cccc2oc(-c3cccc4oc(-c5cccc(Cc6ccccc6)c5O)nc34)nc12. The molecule has 0 atom stereocenters. The van der Waals surface area contributed by atoms with Gasteiger partial charge in [0, 0.05) is 6.42 Å². The summed E-state index contributed by atoms with van der Waals surface area (Å²) in [5, 5.41) is 11.0. The number of ether oxygens (including phenoxy) is 1. The van der Waals surface area contributed by atoms with E-state index in [1.54, 1.807) is 30.3 Å². The van der Waals surface area contributed by atoms with Crippen LogP contribution < -0.4 is 0 Å². The first kappa shape index (κ1) is 21.6. The van der Waals surface area contributed by atoms with Gasteiger partial charge in [-0.05, 0) is 41.5 Å². The molecule has 0 aliphatic carbocycles. The fourth-order valence-corrected chi connectivity index (χ4v) is 4.30. The highest BCUT2D eigenvalue weighted by Crippen LogP contribution is 2.37. The maximum atomic E-state index is 12.2. The highest BCUT2D eigenvalue weighted by atomic mass is 16.5. The topological polar surface area (TPSA) is 98.6 Å². The molecule has 0 saturated heterocycles. The third-order valence-corrected chi connectivity index (χ3v) is 6.06. The number of phenols is 1. The van der Waals surface area contributed by atoms with Crippen molar-refractivity contribution in [1.82, 2.24) is 9.97 Å². The van der Waals surface area contributed by atoms with E-state index >= 15 is 0 Å². The van der Waals surface area contributed by atoms with Crippen molar-refractivity contribution in [3.63, 3.8) is 0 Å². The highest BCUT2D eigenvalue weighted by molar-refractivity contribution is 6.02. The molecular weight excluding hydrogens is 456 g/mol. The predicted molar refractivity (Wildman–Crippen MR) is 135 cm³/mol. The van der Waals surface area contributed by atoms with Crippen molar-refractivity contribution in [2.24, 2.45) is 0 Å². The van der Waals surface area contributed by atoms with Crippen LogP contribution in [0.25, 0.3) is 45.1 Å². The lowest BCUT2D eigenvalue weighted by atomic mass is 10.0. The summed E-state index contributed by atoms with van der Waals surface area (Å²) in [7, 11) is 1.32. The third kappa shape index (κ3) is 3.67. The summed E-state index contributed by atoms with van der Waals surface area (Å²) in [5.41, 5.74) is 5.20. The Morgan fingerprint density at radius 1 is 0.778 bits per heavy atom. The highest BCUT2D eigenvalue weighted by Gasteiger charge is 2.21. The molecule has 7 heteroatoms. The molecule has 0 aliphatic heterocycles. The normalized spacial score (nSPS) is 11.2. The smallest absolute Gasteiger partial charge is 0.340 e. The number of nitrogens with zero attached hydrogens (tertiary/aromatic N) is 2. The van der Waals surface area contributed by atoms with Gasteiger partial charge in [0.2, 0.25) is 11.8 Å². The molecule has 36 heavy (non-hydrogen) atoms. The minimum absolute atomic E-state index is 0.124. The molecule has 7 nitrogen and oxygen atoms in total. The second-order valence-electron chi connectivity index (χ2n) is 8.31. The maximum absolute atomic E-state index is 12.2. The molecule has 6 rings (SSSR count). The molecule has 0 radical (unpaired) electrons. The first-order valence-electron chi connectivity index (χ1n) is 11.4. The summed E-state index contributed by atoms with van der Waals surface area (Å²) in [6.07, 6.45) is 0.581. The number of esters is 1. The number of benzene rings is 4. The quantitative estimate of drug-likeness (QED) is 0.288. The van der Waals surface area contributed by atoms with E-state index in [2.05, 4.69) is 4.98 Å². The van der Waals surface area contributed by atoms with Crippen LogP contribution in [0.4, 0.5) is 0 Å². The number of hydrogen-bond acceptors (Lipinski definition) is 7. The van der Waals surface area contributed by atoms with Gasteiger partial charge in [0.25, 0.3) is 0 Å². The molecule has 0 unspecified atom stereocenters. The fraction of sp³-hybridized carbons (Fsp3) is 0.0690. The van der Waals surface area contributed by atoms with Crippen molar-refractivity contribution in [1.29, 1.82) is 0 Å². The first-order chi connectivity index (χ1) is 17.6. The molecular formula is C29H20N2O5. The second kappa shape index (κ2) is 8.70. The van der Waals surface area contributed by atoms with Crippen LogP contribution in [-0.2, 0) is 11.2 Å². The largest absolute Gasteiger partial charge is 0.507 e. The molecule has 0 aliphatic rings. The minimum atomic E-state index is -0.492. The number of phenolic OH excluding ortho intramolecular Hbond substituents is 1. The van der Waals surface area contributed by atoms with Crippen LogP contribution in [0.3, 0.4) is 0 Å². The van der Waals surface area contributed by atoms with Crippen molar-refractivity contribution in [3.8, 4) is 28.7 Å². The van der Waals surface area contributed by atoms with Crippen LogP contribution in [-0.4, -0.2) is 28.2 Å².